The molecule has 1 saturated heterocycles. The molecular weight excluding hydrogens is 212 g/mol. The molecule has 0 bridgehead atoms. The van der Waals surface area contributed by atoms with E-state index in [1.54, 1.807) is 0 Å². The van der Waals surface area contributed by atoms with E-state index in [0.717, 1.165) is 32.2 Å². The third-order valence-corrected chi connectivity index (χ3v) is 4.38. The normalized spacial score (nSPS) is 36.0. The maximum atomic E-state index is 6.08. The van der Waals surface area contributed by atoms with Crippen molar-refractivity contribution in [3.05, 3.63) is 0 Å². The molecular formula is C14H28N2O. The van der Waals surface area contributed by atoms with Crippen LogP contribution in [-0.4, -0.2) is 49.8 Å². The van der Waals surface area contributed by atoms with Crippen LogP contribution in [0.1, 0.15) is 39.5 Å². The summed E-state index contributed by atoms with van der Waals surface area (Å²) in [6.07, 6.45) is 5.92. The molecule has 1 aliphatic carbocycles. The van der Waals surface area contributed by atoms with Crippen LogP contribution in [0.5, 0.6) is 0 Å². The Hall–Kier alpha value is -0.120. The molecule has 3 nitrogen and oxygen atoms in total. The van der Waals surface area contributed by atoms with Crippen molar-refractivity contribution in [2.45, 2.75) is 51.7 Å². The van der Waals surface area contributed by atoms with Gasteiger partial charge in [-0.05, 0) is 25.7 Å². The van der Waals surface area contributed by atoms with E-state index in [1.165, 1.54) is 32.2 Å². The summed E-state index contributed by atoms with van der Waals surface area (Å²) in [5, 5.41) is 3.43. The number of nitrogens with zero attached hydrogens (tertiary/aromatic N) is 1. The second kappa shape index (κ2) is 6.72. The quantitative estimate of drug-likeness (QED) is 0.812. The molecule has 0 amide bonds. The summed E-state index contributed by atoms with van der Waals surface area (Å²) < 4.78 is 6.08. The fourth-order valence-electron chi connectivity index (χ4n) is 3.07. The van der Waals surface area contributed by atoms with Gasteiger partial charge >= 0.3 is 0 Å². The molecule has 3 atom stereocenters. The lowest BCUT2D eigenvalue weighted by Gasteiger charge is -2.35. The second-order valence-electron chi connectivity index (χ2n) is 5.76. The van der Waals surface area contributed by atoms with Crippen LogP contribution in [0.3, 0.4) is 0 Å². The zero-order valence-corrected chi connectivity index (χ0v) is 11.5. The lowest BCUT2D eigenvalue weighted by atomic mass is 9.88. The average Bonchev–Trinajstić information content (AvgIpc) is 2.34. The lowest BCUT2D eigenvalue weighted by molar-refractivity contribution is -0.0187. The van der Waals surface area contributed by atoms with Crippen molar-refractivity contribution in [2.75, 3.05) is 32.8 Å². The maximum absolute atomic E-state index is 6.08. The number of hydrogen-bond donors (Lipinski definition) is 1. The average molecular weight is 240 g/mol. The Bertz CT molecular complexity index is 200. The van der Waals surface area contributed by atoms with Crippen LogP contribution in [0.4, 0.5) is 0 Å². The lowest BCUT2D eigenvalue weighted by Crippen LogP contribution is -2.50. The Morgan fingerprint density at radius 3 is 2.82 bits per heavy atom. The molecule has 1 N–H and O–H groups in total. The van der Waals surface area contributed by atoms with E-state index in [2.05, 4.69) is 24.1 Å². The van der Waals surface area contributed by atoms with Crippen molar-refractivity contribution in [1.82, 2.24) is 10.2 Å². The van der Waals surface area contributed by atoms with Gasteiger partial charge < -0.3 is 10.1 Å². The molecule has 2 unspecified atom stereocenters. The minimum atomic E-state index is 0.530. The summed E-state index contributed by atoms with van der Waals surface area (Å²) >= 11 is 0. The Morgan fingerprint density at radius 1 is 1.24 bits per heavy atom. The van der Waals surface area contributed by atoms with E-state index in [9.17, 15) is 0 Å². The van der Waals surface area contributed by atoms with Crippen molar-refractivity contribution >= 4 is 0 Å². The van der Waals surface area contributed by atoms with E-state index in [4.69, 9.17) is 4.74 Å². The van der Waals surface area contributed by atoms with Crippen LogP contribution in [0.25, 0.3) is 0 Å². The van der Waals surface area contributed by atoms with Gasteiger partial charge in [0.1, 0.15) is 0 Å². The van der Waals surface area contributed by atoms with Crippen molar-refractivity contribution < 1.29 is 4.74 Å². The largest absolute Gasteiger partial charge is 0.377 e. The molecule has 0 aromatic heterocycles. The zero-order valence-electron chi connectivity index (χ0n) is 11.5. The Labute approximate surface area is 106 Å². The van der Waals surface area contributed by atoms with Gasteiger partial charge in [0, 0.05) is 32.2 Å². The van der Waals surface area contributed by atoms with E-state index in [-0.39, 0.29) is 0 Å². The summed E-state index contributed by atoms with van der Waals surface area (Å²) in [6, 6.07) is 0.663. The molecule has 0 spiro atoms. The fourth-order valence-corrected chi connectivity index (χ4v) is 3.07. The first-order chi connectivity index (χ1) is 8.27. The standard InChI is InChI=1S/C14H28N2O/c1-12-5-3-4-6-14(12)17-10-9-16-8-7-15-11-13(16)2/h12-15H,3-11H2,1-2H3/t12?,13-,14?/m1/s1. The first-order valence-corrected chi connectivity index (χ1v) is 7.33. The second-order valence-corrected chi connectivity index (χ2v) is 5.76. The molecule has 0 aromatic rings. The zero-order chi connectivity index (χ0) is 12.1. The van der Waals surface area contributed by atoms with E-state index >= 15 is 0 Å². The topological polar surface area (TPSA) is 24.5 Å². The minimum absolute atomic E-state index is 0.530. The summed E-state index contributed by atoms with van der Waals surface area (Å²) in [7, 11) is 0. The number of hydrogen-bond acceptors (Lipinski definition) is 3. The van der Waals surface area contributed by atoms with Crippen molar-refractivity contribution in [2.24, 2.45) is 5.92 Å². The minimum Gasteiger partial charge on any atom is -0.377 e. The van der Waals surface area contributed by atoms with Gasteiger partial charge in [0.25, 0.3) is 0 Å². The van der Waals surface area contributed by atoms with Gasteiger partial charge in [-0.1, -0.05) is 19.8 Å². The van der Waals surface area contributed by atoms with Crippen molar-refractivity contribution in [3.8, 4) is 0 Å². The molecule has 0 radical (unpaired) electrons. The van der Waals surface area contributed by atoms with Crippen LogP contribution >= 0.6 is 0 Å². The van der Waals surface area contributed by atoms with Crippen molar-refractivity contribution in [1.29, 1.82) is 0 Å². The molecule has 2 fully saturated rings. The molecule has 1 aliphatic heterocycles. The van der Waals surface area contributed by atoms with E-state index in [0.29, 0.717) is 12.1 Å². The van der Waals surface area contributed by atoms with E-state index < -0.39 is 0 Å². The molecule has 1 saturated carbocycles. The summed E-state index contributed by atoms with van der Waals surface area (Å²) in [5.74, 6) is 0.768. The SMILES string of the molecule is CC1CCCCC1OCCN1CCNC[C@H]1C. The first-order valence-electron chi connectivity index (χ1n) is 7.33. The Kier molecular flexibility index (Phi) is 5.26. The van der Waals surface area contributed by atoms with Gasteiger partial charge in [-0.25, -0.2) is 0 Å². The number of rotatable bonds is 4. The summed E-state index contributed by atoms with van der Waals surface area (Å²) in [6.45, 7) is 10.1. The Morgan fingerprint density at radius 2 is 2.06 bits per heavy atom. The molecule has 0 aromatic carbocycles. The molecule has 2 aliphatic rings. The van der Waals surface area contributed by atoms with Crippen LogP contribution in [0.15, 0.2) is 0 Å². The van der Waals surface area contributed by atoms with Gasteiger partial charge in [0.15, 0.2) is 0 Å². The third-order valence-electron chi connectivity index (χ3n) is 4.38. The van der Waals surface area contributed by atoms with Crippen LogP contribution in [0, 0.1) is 5.92 Å². The number of ether oxygens (including phenoxy) is 1. The molecule has 100 valence electrons. The fraction of sp³-hybridized carbons (Fsp3) is 1.00. The van der Waals surface area contributed by atoms with Crippen molar-refractivity contribution in [3.63, 3.8) is 0 Å². The van der Waals surface area contributed by atoms with Crippen LogP contribution < -0.4 is 5.32 Å². The third kappa shape index (κ3) is 3.94. The molecule has 3 heteroatoms. The molecule has 17 heavy (non-hydrogen) atoms. The van der Waals surface area contributed by atoms with E-state index in [1.807, 2.05) is 0 Å². The first kappa shape index (κ1) is 13.3. The summed E-state index contributed by atoms with van der Waals surface area (Å²) in [4.78, 5) is 2.55. The predicted octanol–water partition coefficient (Wildman–Crippen LogP) is 1.88. The maximum Gasteiger partial charge on any atom is 0.0601 e. The highest BCUT2D eigenvalue weighted by Gasteiger charge is 2.22. The van der Waals surface area contributed by atoms with Crippen LogP contribution in [0.2, 0.25) is 0 Å². The van der Waals surface area contributed by atoms with Crippen LogP contribution in [-0.2, 0) is 4.74 Å². The smallest absolute Gasteiger partial charge is 0.0601 e. The molecule has 2 rings (SSSR count). The van der Waals surface area contributed by atoms with Gasteiger partial charge in [-0.2, -0.15) is 0 Å². The highest BCUT2D eigenvalue weighted by molar-refractivity contribution is 4.76. The highest BCUT2D eigenvalue weighted by atomic mass is 16.5. The monoisotopic (exact) mass is 240 g/mol. The molecule has 1 heterocycles. The number of piperazine rings is 1. The van der Waals surface area contributed by atoms with Gasteiger partial charge in [-0.15, -0.1) is 0 Å². The summed E-state index contributed by atoms with van der Waals surface area (Å²) in [5.41, 5.74) is 0. The van der Waals surface area contributed by atoms with Gasteiger partial charge in [-0.3, -0.25) is 4.90 Å². The van der Waals surface area contributed by atoms with Gasteiger partial charge in [0.2, 0.25) is 0 Å². The Balaban J connectivity index is 1.64. The highest BCUT2D eigenvalue weighted by Crippen LogP contribution is 2.26. The van der Waals surface area contributed by atoms with Gasteiger partial charge in [0.05, 0.1) is 12.7 Å². The number of nitrogens with one attached hydrogen (secondary N) is 1. The predicted molar refractivity (Wildman–Crippen MR) is 71.3 cm³/mol.